The van der Waals surface area contributed by atoms with Crippen LogP contribution in [0.5, 0.6) is 0 Å². The lowest BCUT2D eigenvalue weighted by molar-refractivity contribution is -0.661. The van der Waals surface area contributed by atoms with Crippen molar-refractivity contribution in [2.24, 2.45) is 14.1 Å². The number of fused-ring (bicyclic) bond motifs is 4. The molecule has 0 saturated heterocycles. The summed E-state index contributed by atoms with van der Waals surface area (Å²) < 4.78 is 4.27. The van der Waals surface area contributed by atoms with Gasteiger partial charge in [0.15, 0.2) is 12.4 Å². The van der Waals surface area contributed by atoms with Crippen LogP contribution in [0, 0.1) is 0 Å². The van der Waals surface area contributed by atoms with Crippen LogP contribution >= 0.6 is 0 Å². The largest absolute Gasteiger partial charge is 0.354 e. The van der Waals surface area contributed by atoms with Crippen molar-refractivity contribution in [3.63, 3.8) is 0 Å². The van der Waals surface area contributed by atoms with Gasteiger partial charge in [-0.25, -0.2) is 14.1 Å². The summed E-state index contributed by atoms with van der Waals surface area (Å²) in [5.41, 5.74) is 8.84. The average Bonchev–Trinajstić information content (AvgIpc) is 2.90. The molecule has 0 bridgehead atoms. The number of pyridine rings is 1. The summed E-state index contributed by atoms with van der Waals surface area (Å²) >= 11 is 0. The predicted octanol–water partition coefficient (Wildman–Crippen LogP) is 1.60. The molecule has 2 aromatic carbocycles. The smallest absolute Gasteiger partial charge is 0.305 e. The van der Waals surface area contributed by atoms with Crippen LogP contribution in [-0.4, -0.2) is 21.7 Å². The molecule has 0 amide bonds. The highest BCUT2D eigenvalue weighted by Crippen LogP contribution is 2.41. The molecule has 166 valence electrons. The number of nitrogens with zero attached hydrogens (tertiary/aromatic N) is 7. The van der Waals surface area contributed by atoms with Gasteiger partial charge in [-0.2, -0.15) is 0 Å². The lowest BCUT2D eigenvalue weighted by Gasteiger charge is -2.40. The van der Waals surface area contributed by atoms with E-state index in [1.165, 1.54) is 16.6 Å². The Morgan fingerprint density at radius 2 is 1.20 bits per heavy atom. The van der Waals surface area contributed by atoms with Crippen LogP contribution in [-0.2, 0) is 14.1 Å². The SMILES string of the molecule is C[n+]1cncc2c1B1c3c(ccnc3N(c3ccccc3)c3cnc[n+](C)c31)N2c1ccccc1. The number of anilines is 6. The molecule has 0 saturated carbocycles. The van der Waals surface area contributed by atoms with Crippen LogP contribution in [0.1, 0.15) is 0 Å². The highest BCUT2D eigenvalue weighted by molar-refractivity contribution is 6.98. The Morgan fingerprint density at radius 1 is 0.657 bits per heavy atom. The Kier molecular flexibility index (Phi) is 4.23. The van der Waals surface area contributed by atoms with Crippen molar-refractivity contribution in [2.75, 3.05) is 9.80 Å². The quantitative estimate of drug-likeness (QED) is 0.293. The zero-order valence-corrected chi connectivity index (χ0v) is 19.4. The molecule has 5 heterocycles. The Bertz CT molecular complexity index is 1480. The van der Waals surface area contributed by atoms with E-state index in [9.17, 15) is 0 Å². The maximum atomic E-state index is 4.97. The first-order valence-corrected chi connectivity index (χ1v) is 11.6. The molecule has 7 rings (SSSR count). The van der Waals surface area contributed by atoms with Gasteiger partial charge in [-0.05, 0) is 30.3 Å². The molecule has 0 radical (unpaired) electrons. The molecule has 0 aliphatic carbocycles. The molecule has 2 aliphatic heterocycles. The third-order valence-electron chi connectivity index (χ3n) is 6.90. The van der Waals surface area contributed by atoms with Gasteiger partial charge in [0.25, 0.3) is 12.7 Å². The minimum absolute atomic E-state index is 0.0281. The van der Waals surface area contributed by atoms with Crippen molar-refractivity contribution in [2.45, 2.75) is 0 Å². The highest BCUT2D eigenvalue weighted by Gasteiger charge is 2.50. The normalized spacial score (nSPS) is 13.3. The minimum atomic E-state index is -0.0281. The van der Waals surface area contributed by atoms with Crippen molar-refractivity contribution < 1.29 is 9.13 Å². The molecule has 5 aromatic rings. The van der Waals surface area contributed by atoms with Gasteiger partial charge < -0.3 is 4.90 Å². The lowest BCUT2D eigenvalue weighted by atomic mass is 9.36. The van der Waals surface area contributed by atoms with E-state index in [4.69, 9.17) is 4.98 Å². The van der Waals surface area contributed by atoms with Crippen molar-refractivity contribution in [3.05, 3.63) is 98.0 Å². The first-order chi connectivity index (χ1) is 17.2. The fourth-order valence-corrected chi connectivity index (χ4v) is 5.52. The van der Waals surface area contributed by atoms with Crippen LogP contribution in [0.2, 0.25) is 0 Å². The van der Waals surface area contributed by atoms with Crippen molar-refractivity contribution in [1.82, 2.24) is 15.0 Å². The van der Waals surface area contributed by atoms with Gasteiger partial charge in [-0.1, -0.05) is 46.4 Å². The second-order valence-electron chi connectivity index (χ2n) is 8.89. The topological polar surface area (TPSA) is 52.9 Å². The number of hydrogen-bond donors (Lipinski definition) is 0. The average molecular weight is 455 g/mol. The maximum Gasteiger partial charge on any atom is 0.354 e. The summed E-state index contributed by atoms with van der Waals surface area (Å²) in [5, 5.41) is 0. The number of rotatable bonds is 2. The van der Waals surface area contributed by atoms with Gasteiger partial charge >= 0.3 is 6.71 Å². The number of benzene rings is 2. The third kappa shape index (κ3) is 2.77. The summed E-state index contributed by atoms with van der Waals surface area (Å²) in [7, 11) is 4.14. The zero-order chi connectivity index (χ0) is 23.5. The summed E-state index contributed by atoms with van der Waals surface area (Å²) in [6.45, 7) is -0.0281. The number of hydrogen-bond acceptors (Lipinski definition) is 5. The van der Waals surface area contributed by atoms with E-state index in [0.29, 0.717) is 0 Å². The number of aryl methyl sites for hydroxylation is 2. The van der Waals surface area contributed by atoms with E-state index in [1.54, 1.807) is 0 Å². The second-order valence-corrected chi connectivity index (χ2v) is 8.89. The Balaban J connectivity index is 1.62. The predicted molar refractivity (Wildman–Crippen MR) is 136 cm³/mol. The molecule has 35 heavy (non-hydrogen) atoms. The Labute approximate surface area is 203 Å². The lowest BCUT2D eigenvalue weighted by Crippen LogP contribution is -2.75. The van der Waals surface area contributed by atoms with Crippen LogP contribution in [0.15, 0.2) is 98.0 Å². The summed E-state index contributed by atoms with van der Waals surface area (Å²) in [5.74, 6) is 0.919. The van der Waals surface area contributed by atoms with Crippen LogP contribution in [0.25, 0.3) is 0 Å². The fourth-order valence-electron chi connectivity index (χ4n) is 5.52. The number of para-hydroxylation sites is 2. The molecule has 0 N–H and O–H groups in total. The molecule has 2 aliphatic rings. The Morgan fingerprint density at radius 3 is 1.80 bits per heavy atom. The van der Waals surface area contributed by atoms with Gasteiger partial charge in [-0.3, -0.25) is 4.90 Å². The summed E-state index contributed by atoms with van der Waals surface area (Å²) in [6, 6.07) is 23.0. The van der Waals surface area contributed by atoms with Crippen molar-refractivity contribution in [3.8, 4) is 0 Å². The molecular formula is C27H22BN7+2. The van der Waals surface area contributed by atoms with Gasteiger partial charge in [0.2, 0.25) is 0 Å². The Hall–Kier alpha value is -4.59. The van der Waals surface area contributed by atoms with Crippen LogP contribution in [0.4, 0.5) is 34.3 Å². The van der Waals surface area contributed by atoms with Crippen LogP contribution < -0.4 is 35.6 Å². The molecular weight excluding hydrogens is 433 g/mol. The molecule has 0 fully saturated rings. The molecule has 0 atom stereocenters. The first-order valence-electron chi connectivity index (χ1n) is 11.6. The van der Waals surface area contributed by atoms with Gasteiger partial charge in [0.05, 0.1) is 14.1 Å². The van der Waals surface area contributed by atoms with Gasteiger partial charge in [-0.15, -0.1) is 0 Å². The fraction of sp³-hybridized carbons (Fsp3) is 0.0741. The molecule has 0 spiro atoms. The van der Waals surface area contributed by atoms with E-state index >= 15 is 0 Å². The summed E-state index contributed by atoms with van der Waals surface area (Å²) in [4.78, 5) is 18.6. The van der Waals surface area contributed by atoms with E-state index < -0.39 is 0 Å². The molecule has 3 aromatic heterocycles. The van der Waals surface area contributed by atoms with Crippen molar-refractivity contribution >= 4 is 57.6 Å². The highest BCUT2D eigenvalue weighted by atomic mass is 15.3. The zero-order valence-electron chi connectivity index (χ0n) is 19.4. The van der Waals surface area contributed by atoms with E-state index in [2.05, 4.69) is 97.6 Å². The molecule has 7 nitrogen and oxygen atoms in total. The second kappa shape index (κ2) is 7.46. The third-order valence-corrected chi connectivity index (χ3v) is 6.90. The minimum Gasteiger partial charge on any atom is -0.305 e. The van der Waals surface area contributed by atoms with Gasteiger partial charge in [0, 0.05) is 28.7 Å². The maximum absolute atomic E-state index is 4.97. The first kappa shape index (κ1) is 19.8. The van der Waals surface area contributed by atoms with E-state index in [1.807, 2.05) is 43.4 Å². The van der Waals surface area contributed by atoms with Crippen LogP contribution in [0.3, 0.4) is 0 Å². The number of aromatic nitrogens is 5. The van der Waals surface area contributed by atoms with Gasteiger partial charge in [0.1, 0.15) is 28.4 Å². The summed E-state index contributed by atoms with van der Waals surface area (Å²) in [6.07, 6.45) is 9.58. The van der Waals surface area contributed by atoms with E-state index in [-0.39, 0.29) is 6.71 Å². The van der Waals surface area contributed by atoms with E-state index in [0.717, 1.165) is 34.3 Å². The molecule has 0 unspecified atom stereocenters. The standard InChI is InChI=1S/C27H22BN7/c1-32-17-29-15-22-25(32)28-24-21(34(22)19-9-5-3-6-10-19)13-14-31-27(24)35(20-11-7-4-8-12-20)23-16-30-18-33(2)26(23)28/h3-18H,1-2H3/q+2. The molecule has 8 heteroatoms. The van der Waals surface area contributed by atoms with Crippen molar-refractivity contribution in [1.29, 1.82) is 0 Å². The monoisotopic (exact) mass is 455 g/mol.